The molecule has 0 spiro atoms. The lowest BCUT2D eigenvalue weighted by Crippen LogP contribution is -2.20. The van der Waals surface area contributed by atoms with Gasteiger partial charge in [0.2, 0.25) is 0 Å². The first-order valence-corrected chi connectivity index (χ1v) is 10.7. The maximum atomic E-state index is 12.6. The summed E-state index contributed by atoms with van der Waals surface area (Å²) < 4.78 is 8.10. The highest BCUT2D eigenvalue weighted by Gasteiger charge is 2.13. The molecule has 30 heavy (non-hydrogen) atoms. The number of nitro groups is 1. The Labute approximate surface area is 178 Å². The van der Waals surface area contributed by atoms with Crippen molar-refractivity contribution in [2.75, 3.05) is 13.2 Å². The molecule has 0 radical (unpaired) electrons. The van der Waals surface area contributed by atoms with Gasteiger partial charge in [-0.05, 0) is 30.0 Å². The Balaban J connectivity index is 1.93. The van der Waals surface area contributed by atoms with E-state index in [9.17, 15) is 14.9 Å². The van der Waals surface area contributed by atoms with Crippen molar-refractivity contribution in [3.05, 3.63) is 68.5 Å². The van der Waals surface area contributed by atoms with Crippen LogP contribution < -0.4 is 4.80 Å². The summed E-state index contributed by atoms with van der Waals surface area (Å²) in [5, 5.41) is 11.2. The van der Waals surface area contributed by atoms with Crippen LogP contribution in [0.15, 0.2) is 47.5 Å². The second kappa shape index (κ2) is 9.77. The summed E-state index contributed by atoms with van der Waals surface area (Å²) in [5.41, 5.74) is 2.82. The number of rotatable bonds is 8. The van der Waals surface area contributed by atoms with Crippen LogP contribution >= 0.6 is 11.3 Å². The number of hydrogen-bond donors (Lipinski definition) is 0. The normalized spacial score (nSPS) is 12.1. The fourth-order valence-electron chi connectivity index (χ4n) is 3.11. The largest absolute Gasteiger partial charge is 0.380 e. The predicted octanol–water partition coefficient (Wildman–Crippen LogP) is 4.44. The van der Waals surface area contributed by atoms with Crippen LogP contribution in [0.2, 0.25) is 0 Å². The second-order valence-corrected chi connectivity index (χ2v) is 8.23. The number of thiazole rings is 1. The molecular formula is C22H25N3O4S. The smallest absolute Gasteiger partial charge is 0.271 e. The monoisotopic (exact) mass is 427 g/mol. The maximum Gasteiger partial charge on any atom is 0.271 e. The first-order valence-electron chi connectivity index (χ1n) is 9.91. The number of ether oxygens (including phenoxy) is 1. The van der Waals surface area contributed by atoms with Gasteiger partial charge in [0.1, 0.15) is 0 Å². The van der Waals surface area contributed by atoms with Crippen molar-refractivity contribution >= 4 is 33.1 Å². The Morgan fingerprint density at radius 2 is 1.97 bits per heavy atom. The van der Waals surface area contributed by atoms with Crippen molar-refractivity contribution < 1.29 is 14.5 Å². The average Bonchev–Trinajstić information content (AvgIpc) is 3.04. The summed E-state index contributed by atoms with van der Waals surface area (Å²) in [5.74, 6) is 0.185. The zero-order valence-corrected chi connectivity index (χ0v) is 18.1. The average molecular weight is 428 g/mol. The molecule has 0 saturated heterocycles. The molecular weight excluding hydrogens is 402 g/mol. The van der Waals surface area contributed by atoms with Crippen molar-refractivity contribution in [3.8, 4) is 0 Å². The van der Waals surface area contributed by atoms with Gasteiger partial charge in [0.25, 0.3) is 11.6 Å². The van der Waals surface area contributed by atoms with Crippen molar-refractivity contribution in [2.45, 2.75) is 39.7 Å². The molecule has 0 saturated carbocycles. The van der Waals surface area contributed by atoms with Gasteiger partial charge in [0.05, 0.1) is 28.2 Å². The number of benzene rings is 2. The topological polar surface area (TPSA) is 86.7 Å². The van der Waals surface area contributed by atoms with Crippen molar-refractivity contribution in [1.82, 2.24) is 4.57 Å². The quantitative estimate of drug-likeness (QED) is 0.302. The zero-order valence-electron chi connectivity index (χ0n) is 17.3. The molecule has 1 heterocycles. The van der Waals surface area contributed by atoms with Gasteiger partial charge in [-0.15, -0.1) is 0 Å². The Morgan fingerprint density at radius 1 is 1.23 bits per heavy atom. The van der Waals surface area contributed by atoms with E-state index in [1.54, 1.807) is 6.07 Å². The molecule has 0 aliphatic rings. The molecule has 3 aromatic rings. The molecule has 0 fully saturated rings. The Morgan fingerprint density at radius 3 is 2.60 bits per heavy atom. The number of nitrogens with zero attached hydrogens (tertiary/aromatic N) is 3. The number of hydrogen-bond acceptors (Lipinski definition) is 5. The van der Waals surface area contributed by atoms with E-state index in [0.717, 1.165) is 10.3 Å². The molecule has 8 heteroatoms. The number of non-ortho nitro benzene ring substituents is 1. The van der Waals surface area contributed by atoms with E-state index >= 15 is 0 Å². The molecule has 0 bridgehead atoms. The van der Waals surface area contributed by atoms with Gasteiger partial charge < -0.3 is 9.30 Å². The third-order valence-electron chi connectivity index (χ3n) is 4.76. The number of amides is 1. The molecule has 1 aromatic heterocycles. The summed E-state index contributed by atoms with van der Waals surface area (Å²) in [6, 6.07) is 12.7. The first-order chi connectivity index (χ1) is 14.4. The molecule has 158 valence electrons. The SMILES string of the molecule is CCOCCn1c(=NC(=O)Cc2ccc(C(C)C)cc2)sc2ccc([N+](=O)[O-])cc21. The first kappa shape index (κ1) is 21.9. The summed E-state index contributed by atoms with van der Waals surface area (Å²) in [6.07, 6.45) is 0.207. The molecule has 2 aromatic carbocycles. The van der Waals surface area contributed by atoms with Crippen LogP contribution in [-0.2, 0) is 22.5 Å². The predicted molar refractivity (Wildman–Crippen MR) is 118 cm³/mol. The Hall–Kier alpha value is -2.84. The molecule has 7 nitrogen and oxygen atoms in total. The summed E-state index contributed by atoms with van der Waals surface area (Å²) >= 11 is 1.34. The van der Waals surface area contributed by atoms with Gasteiger partial charge in [-0.2, -0.15) is 4.99 Å². The number of carbonyl (C=O) groups is 1. The fraction of sp³-hybridized carbons (Fsp3) is 0.364. The highest BCUT2D eigenvalue weighted by atomic mass is 32.1. The van der Waals surface area contributed by atoms with Crippen LogP contribution in [0.1, 0.15) is 37.8 Å². The van der Waals surface area contributed by atoms with E-state index in [-0.39, 0.29) is 18.0 Å². The van der Waals surface area contributed by atoms with E-state index in [1.807, 2.05) is 35.8 Å². The highest BCUT2D eigenvalue weighted by Crippen LogP contribution is 2.23. The standard InChI is InChI=1S/C22H25N3O4S/c1-4-29-12-11-24-19-14-18(25(27)28)9-10-20(19)30-22(24)23-21(26)13-16-5-7-17(8-6-16)15(2)3/h5-10,14-15H,4,11-13H2,1-3H3. The van der Waals surface area contributed by atoms with Crippen molar-refractivity contribution in [2.24, 2.45) is 4.99 Å². The third-order valence-corrected chi connectivity index (χ3v) is 5.82. The zero-order chi connectivity index (χ0) is 21.7. The van der Waals surface area contributed by atoms with Crippen LogP contribution in [-0.4, -0.2) is 28.6 Å². The minimum Gasteiger partial charge on any atom is -0.380 e. The van der Waals surface area contributed by atoms with Gasteiger partial charge in [-0.3, -0.25) is 14.9 Å². The second-order valence-electron chi connectivity index (χ2n) is 7.22. The minimum atomic E-state index is -0.424. The molecule has 0 atom stereocenters. The van der Waals surface area contributed by atoms with Gasteiger partial charge in [-0.1, -0.05) is 49.4 Å². The van der Waals surface area contributed by atoms with Crippen molar-refractivity contribution in [1.29, 1.82) is 0 Å². The summed E-state index contributed by atoms with van der Waals surface area (Å²) in [6.45, 7) is 7.62. The van der Waals surface area contributed by atoms with Crippen LogP contribution in [0.5, 0.6) is 0 Å². The van der Waals surface area contributed by atoms with Crippen LogP contribution in [0.3, 0.4) is 0 Å². The molecule has 0 aliphatic heterocycles. The van der Waals surface area contributed by atoms with Gasteiger partial charge in [0.15, 0.2) is 4.80 Å². The lowest BCUT2D eigenvalue weighted by atomic mass is 10.0. The van der Waals surface area contributed by atoms with E-state index in [2.05, 4.69) is 18.8 Å². The Kier molecular flexibility index (Phi) is 7.12. The fourth-order valence-corrected chi connectivity index (χ4v) is 4.17. The van der Waals surface area contributed by atoms with Gasteiger partial charge in [-0.25, -0.2) is 0 Å². The van der Waals surface area contributed by atoms with Gasteiger partial charge >= 0.3 is 0 Å². The third kappa shape index (κ3) is 5.20. The molecule has 0 N–H and O–H groups in total. The maximum absolute atomic E-state index is 12.6. The lowest BCUT2D eigenvalue weighted by Gasteiger charge is -2.06. The molecule has 1 amide bonds. The van der Waals surface area contributed by atoms with Crippen LogP contribution in [0.4, 0.5) is 5.69 Å². The number of carbonyl (C=O) groups excluding carboxylic acids is 1. The van der Waals surface area contributed by atoms with E-state index < -0.39 is 4.92 Å². The van der Waals surface area contributed by atoms with Crippen molar-refractivity contribution in [3.63, 3.8) is 0 Å². The van der Waals surface area contributed by atoms with E-state index in [1.165, 1.54) is 29.0 Å². The van der Waals surface area contributed by atoms with Crippen LogP contribution in [0.25, 0.3) is 10.2 Å². The number of fused-ring (bicyclic) bond motifs is 1. The number of nitro benzene ring substituents is 1. The molecule has 0 unspecified atom stereocenters. The lowest BCUT2D eigenvalue weighted by molar-refractivity contribution is -0.384. The van der Waals surface area contributed by atoms with Gasteiger partial charge in [0, 0.05) is 25.3 Å². The highest BCUT2D eigenvalue weighted by molar-refractivity contribution is 7.16. The molecule has 3 rings (SSSR count). The van der Waals surface area contributed by atoms with E-state index in [0.29, 0.717) is 36.0 Å². The van der Waals surface area contributed by atoms with E-state index in [4.69, 9.17) is 4.74 Å². The number of aromatic nitrogens is 1. The summed E-state index contributed by atoms with van der Waals surface area (Å²) in [4.78, 5) is 28.2. The van der Waals surface area contributed by atoms with Crippen LogP contribution in [0, 0.1) is 10.1 Å². The summed E-state index contributed by atoms with van der Waals surface area (Å²) in [7, 11) is 0. The minimum absolute atomic E-state index is 0.00794. The molecule has 0 aliphatic carbocycles. The Bertz CT molecular complexity index is 1110.